The first-order valence-electron chi connectivity index (χ1n) is 8.12. The van der Waals surface area contributed by atoms with Crippen LogP contribution in [-0.4, -0.2) is 21.5 Å². The molecular weight excluding hydrogens is 336 g/mol. The second-order valence-corrected chi connectivity index (χ2v) is 8.29. The van der Waals surface area contributed by atoms with Crippen LogP contribution in [0.15, 0.2) is 29.6 Å². The summed E-state index contributed by atoms with van der Waals surface area (Å²) in [7, 11) is 0. The quantitative estimate of drug-likeness (QED) is 0.384. The van der Waals surface area contributed by atoms with Crippen LogP contribution in [0, 0.1) is 13.8 Å². The molecule has 0 atom stereocenters. The average Bonchev–Trinajstić information content (AvgIpc) is 3.15. The van der Waals surface area contributed by atoms with Gasteiger partial charge in [-0.25, -0.2) is 9.97 Å². The Labute approximate surface area is 149 Å². The number of rotatable bonds is 4. The van der Waals surface area contributed by atoms with E-state index >= 15 is 0 Å². The van der Waals surface area contributed by atoms with Crippen molar-refractivity contribution in [1.29, 1.82) is 0 Å². The molecule has 4 rings (SSSR count). The Hall–Kier alpha value is -1.72. The summed E-state index contributed by atoms with van der Waals surface area (Å²) in [6.07, 6.45) is 5.11. The maximum absolute atomic E-state index is 12.6. The fourth-order valence-corrected chi connectivity index (χ4v) is 5.46. The molecule has 0 N–H and O–H groups in total. The number of thioether (sulfide) groups is 1. The van der Waals surface area contributed by atoms with Crippen molar-refractivity contribution in [1.82, 2.24) is 9.97 Å². The summed E-state index contributed by atoms with van der Waals surface area (Å²) in [5.74, 6) is 0.584. The van der Waals surface area contributed by atoms with Crippen molar-refractivity contribution in [3.05, 3.63) is 51.7 Å². The fraction of sp³-hybridized carbons (Fsp3) is 0.316. The zero-order valence-corrected chi connectivity index (χ0v) is 15.4. The van der Waals surface area contributed by atoms with Crippen LogP contribution in [0.3, 0.4) is 0 Å². The molecule has 0 saturated carbocycles. The highest BCUT2D eigenvalue weighted by Gasteiger charge is 2.22. The minimum atomic E-state index is 0.167. The molecule has 2 aromatic heterocycles. The van der Waals surface area contributed by atoms with Gasteiger partial charge < -0.3 is 0 Å². The van der Waals surface area contributed by atoms with E-state index in [4.69, 9.17) is 0 Å². The standard InChI is InChI=1S/C19H18N2OS2/c1-11-6-7-12(2)14(8-11)15(22)9-23-18-17-13-4-3-5-16(13)24-19(17)21-10-20-18/h6-8,10H,3-5,9H2,1-2H3. The minimum absolute atomic E-state index is 0.167. The van der Waals surface area contributed by atoms with Crippen LogP contribution >= 0.6 is 23.1 Å². The Bertz CT molecular complexity index is 946. The molecule has 5 heteroatoms. The Balaban J connectivity index is 1.61. The van der Waals surface area contributed by atoms with E-state index in [-0.39, 0.29) is 5.78 Å². The van der Waals surface area contributed by atoms with Gasteiger partial charge in [0.05, 0.1) is 5.75 Å². The second-order valence-electron chi connectivity index (χ2n) is 6.25. The molecule has 1 aliphatic rings. The van der Waals surface area contributed by atoms with Gasteiger partial charge in [0.25, 0.3) is 0 Å². The summed E-state index contributed by atoms with van der Waals surface area (Å²) in [5, 5.41) is 2.15. The molecular formula is C19H18N2OS2. The van der Waals surface area contributed by atoms with E-state index in [1.807, 2.05) is 32.0 Å². The molecule has 0 spiro atoms. The first-order valence-corrected chi connectivity index (χ1v) is 9.92. The summed E-state index contributed by atoms with van der Waals surface area (Å²) in [4.78, 5) is 24.0. The van der Waals surface area contributed by atoms with Crippen molar-refractivity contribution in [2.75, 3.05) is 5.75 Å². The van der Waals surface area contributed by atoms with Crippen LogP contribution in [-0.2, 0) is 12.8 Å². The monoisotopic (exact) mass is 354 g/mol. The number of hydrogen-bond acceptors (Lipinski definition) is 5. The van der Waals surface area contributed by atoms with E-state index < -0.39 is 0 Å². The predicted molar refractivity (Wildman–Crippen MR) is 100 cm³/mol. The van der Waals surface area contributed by atoms with E-state index in [0.717, 1.165) is 39.4 Å². The minimum Gasteiger partial charge on any atom is -0.293 e. The number of thiophene rings is 1. The number of carbonyl (C=O) groups excluding carboxylic acids is 1. The Morgan fingerprint density at radius 1 is 1.25 bits per heavy atom. The van der Waals surface area contributed by atoms with Gasteiger partial charge in [0, 0.05) is 15.8 Å². The Morgan fingerprint density at radius 2 is 2.12 bits per heavy atom. The van der Waals surface area contributed by atoms with Crippen molar-refractivity contribution < 1.29 is 4.79 Å². The van der Waals surface area contributed by atoms with E-state index in [1.165, 1.54) is 22.2 Å². The third kappa shape index (κ3) is 2.76. The zero-order chi connectivity index (χ0) is 16.7. The number of ketones is 1. The normalized spacial score (nSPS) is 13.4. The van der Waals surface area contributed by atoms with Crippen LogP contribution in [0.4, 0.5) is 0 Å². The molecule has 122 valence electrons. The molecule has 3 aromatic rings. The average molecular weight is 355 g/mol. The van der Waals surface area contributed by atoms with Crippen LogP contribution in [0.25, 0.3) is 10.2 Å². The van der Waals surface area contributed by atoms with Gasteiger partial charge in [-0.15, -0.1) is 11.3 Å². The van der Waals surface area contributed by atoms with Gasteiger partial charge in [0.15, 0.2) is 5.78 Å². The number of nitrogens with zero attached hydrogens (tertiary/aromatic N) is 2. The summed E-state index contributed by atoms with van der Waals surface area (Å²) in [5.41, 5.74) is 4.39. The lowest BCUT2D eigenvalue weighted by Crippen LogP contribution is -2.05. The maximum Gasteiger partial charge on any atom is 0.173 e. The van der Waals surface area contributed by atoms with Gasteiger partial charge in [-0.3, -0.25) is 4.79 Å². The van der Waals surface area contributed by atoms with Gasteiger partial charge in [0.1, 0.15) is 16.2 Å². The molecule has 24 heavy (non-hydrogen) atoms. The lowest BCUT2D eigenvalue weighted by Gasteiger charge is -2.07. The number of carbonyl (C=O) groups is 1. The molecule has 0 bridgehead atoms. The van der Waals surface area contributed by atoms with E-state index in [1.54, 1.807) is 29.4 Å². The molecule has 0 aliphatic heterocycles. The van der Waals surface area contributed by atoms with Crippen LogP contribution in [0.5, 0.6) is 0 Å². The molecule has 0 unspecified atom stereocenters. The van der Waals surface area contributed by atoms with Crippen molar-refractivity contribution in [2.45, 2.75) is 38.1 Å². The van der Waals surface area contributed by atoms with Crippen molar-refractivity contribution in [3.8, 4) is 0 Å². The number of aryl methyl sites for hydroxylation is 4. The van der Waals surface area contributed by atoms with E-state index in [2.05, 4.69) is 9.97 Å². The highest BCUT2D eigenvalue weighted by molar-refractivity contribution is 8.00. The number of benzene rings is 1. The van der Waals surface area contributed by atoms with Crippen molar-refractivity contribution in [3.63, 3.8) is 0 Å². The third-order valence-corrected chi connectivity index (χ3v) is 6.69. The lowest BCUT2D eigenvalue weighted by molar-refractivity contribution is 0.102. The van der Waals surface area contributed by atoms with Crippen LogP contribution < -0.4 is 0 Å². The number of Topliss-reactive ketones (excluding diaryl/α,β-unsaturated/α-hetero) is 1. The zero-order valence-electron chi connectivity index (χ0n) is 13.8. The lowest BCUT2D eigenvalue weighted by atomic mass is 10.0. The topological polar surface area (TPSA) is 42.9 Å². The maximum atomic E-state index is 12.6. The fourth-order valence-electron chi connectivity index (χ4n) is 3.26. The second kappa shape index (κ2) is 6.30. The van der Waals surface area contributed by atoms with Gasteiger partial charge in [-0.1, -0.05) is 29.5 Å². The molecule has 1 aliphatic carbocycles. The van der Waals surface area contributed by atoms with Gasteiger partial charge in [0.2, 0.25) is 0 Å². The molecule has 0 saturated heterocycles. The van der Waals surface area contributed by atoms with Gasteiger partial charge >= 0.3 is 0 Å². The summed E-state index contributed by atoms with van der Waals surface area (Å²) < 4.78 is 0. The highest BCUT2D eigenvalue weighted by atomic mass is 32.2. The Kier molecular flexibility index (Phi) is 4.14. The van der Waals surface area contributed by atoms with Gasteiger partial charge in [-0.05, 0) is 50.3 Å². The highest BCUT2D eigenvalue weighted by Crippen LogP contribution is 2.40. The summed E-state index contributed by atoms with van der Waals surface area (Å²) >= 11 is 3.33. The first kappa shape index (κ1) is 15.8. The number of hydrogen-bond donors (Lipinski definition) is 0. The molecule has 0 radical (unpaired) electrons. The van der Waals surface area contributed by atoms with E-state index in [9.17, 15) is 4.79 Å². The predicted octanol–water partition coefficient (Wildman–Crippen LogP) is 4.77. The Morgan fingerprint density at radius 3 is 3.00 bits per heavy atom. The van der Waals surface area contributed by atoms with E-state index in [0.29, 0.717) is 5.75 Å². The van der Waals surface area contributed by atoms with Crippen LogP contribution in [0.2, 0.25) is 0 Å². The molecule has 0 amide bonds. The SMILES string of the molecule is Cc1ccc(C)c(C(=O)CSc2ncnc3sc4c(c23)CCC4)c1. The van der Waals surface area contributed by atoms with Crippen molar-refractivity contribution >= 4 is 39.1 Å². The molecule has 0 fully saturated rings. The number of fused-ring (bicyclic) bond motifs is 3. The van der Waals surface area contributed by atoms with Gasteiger partial charge in [-0.2, -0.15) is 0 Å². The molecule has 3 nitrogen and oxygen atoms in total. The third-order valence-electron chi connectivity index (χ3n) is 4.50. The van der Waals surface area contributed by atoms with Crippen molar-refractivity contribution in [2.24, 2.45) is 0 Å². The summed E-state index contributed by atoms with van der Waals surface area (Å²) in [6, 6.07) is 6.04. The first-order chi connectivity index (χ1) is 11.6. The smallest absolute Gasteiger partial charge is 0.173 e. The largest absolute Gasteiger partial charge is 0.293 e. The summed E-state index contributed by atoms with van der Waals surface area (Å²) in [6.45, 7) is 4.01. The molecule has 1 aromatic carbocycles. The van der Waals surface area contributed by atoms with Crippen LogP contribution in [0.1, 0.15) is 38.3 Å². The number of aromatic nitrogens is 2. The molecule has 2 heterocycles.